The van der Waals surface area contributed by atoms with Gasteiger partial charge in [0.15, 0.2) is 11.6 Å². The average Bonchev–Trinajstić information content (AvgIpc) is 2.53. The summed E-state index contributed by atoms with van der Waals surface area (Å²) < 4.78 is 2.25. The monoisotopic (exact) mass is 510 g/mol. The highest BCUT2D eigenvalue weighted by Gasteiger charge is 2.34. The number of carbonyl (C=O) groups is 2. The summed E-state index contributed by atoms with van der Waals surface area (Å²) in [6, 6.07) is 9.05. The molecular formula is C22H28Br2N2O2+2. The fourth-order valence-corrected chi connectivity index (χ4v) is 4.37. The standard InChI is InChI=1S/C22H27BrN2O2.BrH/c1-24(2,3)12-14-11-17-19(20(23)18(14)13-25(4,5)6)22(27)16-10-8-7-9-15(16)21(17)26;/h7-11H,12-13H2,1-6H3;1H/q+2;. The zero-order valence-electron chi connectivity index (χ0n) is 17.3. The van der Waals surface area contributed by atoms with Crippen molar-refractivity contribution in [2.45, 2.75) is 13.1 Å². The molecule has 0 aliphatic heterocycles. The van der Waals surface area contributed by atoms with Crippen molar-refractivity contribution < 1.29 is 18.6 Å². The number of fused-ring (bicyclic) bond motifs is 2. The first-order chi connectivity index (χ1) is 12.4. The van der Waals surface area contributed by atoms with E-state index in [2.05, 4.69) is 58.2 Å². The third kappa shape index (κ3) is 4.46. The van der Waals surface area contributed by atoms with Crippen LogP contribution in [0.25, 0.3) is 0 Å². The van der Waals surface area contributed by atoms with E-state index in [1.807, 2.05) is 12.1 Å². The molecule has 0 saturated heterocycles. The Bertz CT molecular complexity index is 954. The van der Waals surface area contributed by atoms with Gasteiger partial charge in [0.25, 0.3) is 0 Å². The maximum absolute atomic E-state index is 13.2. The van der Waals surface area contributed by atoms with Crippen molar-refractivity contribution in [2.75, 3.05) is 42.3 Å². The van der Waals surface area contributed by atoms with Gasteiger partial charge in [-0.1, -0.05) is 24.3 Å². The summed E-state index contributed by atoms with van der Waals surface area (Å²) in [6.45, 7) is 1.55. The molecule has 1 aliphatic rings. The summed E-state index contributed by atoms with van der Waals surface area (Å²) in [5.41, 5.74) is 4.23. The fraction of sp³-hybridized carbons (Fsp3) is 0.364. The number of ketones is 2. The minimum atomic E-state index is -0.0773. The first-order valence-corrected chi connectivity index (χ1v) is 9.82. The number of benzene rings is 2. The van der Waals surface area contributed by atoms with Gasteiger partial charge in [-0.05, 0) is 22.0 Å². The van der Waals surface area contributed by atoms with Crippen LogP contribution in [-0.2, 0) is 13.1 Å². The van der Waals surface area contributed by atoms with Crippen LogP contribution >= 0.6 is 32.9 Å². The Labute approximate surface area is 186 Å². The molecule has 0 heterocycles. The molecule has 3 rings (SSSR count). The predicted molar refractivity (Wildman–Crippen MR) is 121 cm³/mol. The number of carbonyl (C=O) groups excluding carboxylic acids is 2. The van der Waals surface area contributed by atoms with Crippen LogP contribution in [0, 0.1) is 0 Å². The predicted octanol–water partition coefficient (Wildman–Crippen LogP) is 4.21. The molecule has 0 saturated carbocycles. The van der Waals surface area contributed by atoms with Crippen LogP contribution < -0.4 is 0 Å². The number of quaternary nitrogens is 2. The van der Waals surface area contributed by atoms with E-state index in [-0.39, 0.29) is 28.5 Å². The largest absolute Gasteiger partial charge is 0.327 e. The summed E-state index contributed by atoms with van der Waals surface area (Å²) in [4.78, 5) is 26.3. The molecule has 0 N–H and O–H groups in total. The van der Waals surface area contributed by atoms with Crippen molar-refractivity contribution in [1.82, 2.24) is 0 Å². The highest BCUT2D eigenvalue weighted by atomic mass is 79.9. The summed E-state index contributed by atoms with van der Waals surface area (Å²) in [5.74, 6) is -0.146. The quantitative estimate of drug-likeness (QED) is 0.491. The van der Waals surface area contributed by atoms with Crippen LogP contribution in [0.5, 0.6) is 0 Å². The third-order valence-electron chi connectivity index (χ3n) is 4.63. The Kier molecular flexibility index (Phi) is 6.41. The van der Waals surface area contributed by atoms with E-state index in [4.69, 9.17) is 0 Å². The second kappa shape index (κ2) is 7.82. The van der Waals surface area contributed by atoms with Gasteiger partial charge >= 0.3 is 0 Å². The van der Waals surface area contributed by atoms with Crippen LogP contribution in [0.15, 0.2) is 34.8 Å². The molecule has 0 aromatic heterocycles. The number of nitrogens with zero attached hydrogens (tertiary/aromatic N) is 2. The summed E-state index contributed by atoms with van der Waals surface area (Å²) in [6.07, 6.45) is 0. The maximum Gasteiger partial charge on any atom is 0.195 e. The first-order valence-electron chi connectivity index (χ1n) is 9.02. The van der Waals surface area contributed by atoms with Gasteiger partial charge in [-0.2, -0.15) is 0 Å². The van der Waals surface area contributed by atoms with Crippen LogP contribution in [0.4, 0.5) is 0 Å². The molecule has 1 aliphatic carbocycles. The molecule has 6 heteroatoms. The summed E-state index contributed by atoms with van der Waals surface area (Å²) >= 11 is 3.71. The van der Waals surface area contributed by atoms with Gasteiger partial charge in [0.05, 0.1) is 42.3 Å². The maximum atomic E-state index is 13.2. The molecule has 0 atom stereocenters. The van der Waals surface area contributed by atoms with Gasteiger partial charge in [0.1, 0.15) is 13.1 Å². The van der Waals surface area contributed by atoms with Crippen LogP contribution in [0.2, 0.25) is 0 Å². The Balaban J connectivity index is 0.00000280. The van der Waals surface area contributed by atoms with E-state index >= 15 is 0 Å². The molecular weight excluding hydrogens is 484 g/mol. The highest BCUT2D eigenvalue weighted by Crippen LogP contribution is 2.37. The lowest BCUT2D eigenvalue weighted by atomic mass is 9.82. The smallest absolute Gasteiger partial charge is 0.195 e. The van der Waals surface area contributed by atoms with Crippen molar-refractivity contribution in [2.24, 2.45) is 0 Å². The first kappa shape index (κ1) is 22.9. The molecule has 0 radical (unpaired) electrons. The minimum absolute atomic E-state index is 0. The molecule has 0 spiro atoms. The molecule has 2 aromatic rings. The SMILES string of the molecule is Br.C[N+](C)(C)Cc1cc2c(c(Br)c1C[N+](C)(C)C)C(=O)c1ccccc1C2=O. The van der Waals surface area contributed by atoms with Crippen LogP contribution in [-0.4, -0.2) is 62.8 Å². The molecule has 0 amide bonds. The summed E-state index contributed by atoms with van der Waals surface area (Å²) in [5, 5.41) is 0. The topological polar surface area (TPSA) is 34.1 Å². The summed E-state index contributed by atoms with van der Waals surface area (Å²) in [7, 11) is 12.8. The van der Waals surface area contributed by atoms with E-state index in [1.54, 1.807) is 18.2 Å². The zero-order valence-corrected chi connectivity index (χ0v) is 20.6. The molecule has 28 heavy (non-hydrogen) atoms. The van der Waals surface area contributed by atoms with Gasteiger partial charge < -0.3 is 8.97 Å². The van der Waals surface area contributed by atoms with Crippen molar-refractivity contribution >= 4 is 44.5 Å². The Morgan fingerprint density at radius 1 is 0.786 bits per heavy atom. The second-order valence-corrected chi connectivity index (χ2v) is 10.1. The molecule has 0 unspecified atom stereocenters. The molecule has 150 valence electrons. The van der Waals surface area contributed by atoms with Gasteiger partial charge in [-0.15, -0.1) is 17.0 Å². The van der Waals surface area contributed by atoms with E-state index in [9.17, 15) is 9.59 Å². The molecule has 4 nitrogen and oxygen atoms in total. The fourth-order valence-electron chi connectivity index (χ4n) is 3.60. The molecule has 2 aromatic carbocycles. The van der Waals surface area contributed by atoms with Gasteiger partial charge in [0.2, 0.25) is 0 Å². The van der Waals surface area contributed by atoms with Crippen molar-refractivity contribution in [3.05, 3.63) is 68.2 Å². The van der Waals surface area contributed by atoms with Crippen molar-refractivity contribution in [3.8, 4) is 0 Å². The average molecular weight is 512 g/mol. The Morgan fingerprint density at radius 2 is 1.29 bits per heavy atom. The van der Waals surface area contributed by atoms with E-state index in [0.29, 0.717) is 22.3 Å². The molecule has 0 fully saturated rings. The number of halogens is 2. The normalized spacial score (nSPS) is 13.7. The minimum Gasteiger partial charge on any atom is -0.327 e. The van der Waals surface area contributed by atoms with E-state index in [1.165, 1.54) is 0 Å². The van der Waals surface area contributed by atoms with Crippen molar-refractivity contribution in [1.29, 1.82) is 0 Å². The van der Waals surface area contributed by atoms with Gasteiger partial charge in [0, 0.05) is 37.9 Å². The van der Waals surface area contributed by atoms with Gasteiger partial charge in [-0.25, -0.2) is 0 Å². The second-order valence-electron chi connectivity index (χ2n) is 9.35. The van der Waals surface area contributed by atoms with E-state index < -0.39 is 0 Å². The van der Waals surface area contributed by atoms with Crippen LogP contribution in [0.3, 0.4) is 0 Å². The lowest BCUT2D eigenvalue weighted by molar-refractivity contribution is -0.887. The Hall–Kier alpha value is -1.34. The number of rotatable bonds is 4. The van der Waals surface area contributed by atoms with Crippen LogP contribution in [0.1, 0.15) is 43.0 Å². The van der Waals surface area contributed by atoms with Crippen molar-refractivity contribution in [3.63, 3.8) is 0 Å². The Morgan fingerprint density at radius 3 is 1.79 bits per heavy atom. The lowest BCUT2D eigenvalue weighted by Gasteiger charge is -2.31. The highest BCUT2D eigenvalue weighted by molar-refractivity contribution is 9.10. The zero-order chi connectivity index (χ0) is 20.1. The lowest BCUT2D eigenvalue weighted by Crippen LogP contribution is -2.37. The third-order valence-corrected chi connectivity index (χ3v) is 5.50. The van der Waals surface area contributed by atoms with Gasteiger partial charge in [-0.3, -0.25) is 9.59 Å². The number of hydrogen-bond donors (Lipinski definition) is 0. The number of hydrogen-bond acceptors (Lipinski definition) is 2. The van der Waals surface area contributed by atoms with E-state index in [0.717, 1.165) is 37.7 Å². The molecule has 0 bridgehead atoms.